The van der Waals surface area contributed by atoms with Gasteiger partial charge in [-0.05, 0) is 67.9 Å². The lowest BCUT2D eigenvalue weighted by Crippen LogP contribution is -2.46. The maximum Gasteiger partial charge on any atom is 0.294 e. The second-order valence-corrected chi connectivity index (χ2v) is 9.28. The van der Waals surface area contributed by atoms with Gasteiger partial charge in [0, 0.05) is 35.2 Å². The largest absolute Gasteiger partial charge is 0.378 e. The third-order valence-corrected chi connectivity index (χ3v) is 6.84. The van der Waals surface area contributed by atoms with E-state index in [1.54, 1.807) is 11.0 Å². The fraction of sp³-hybridized carbons (Fsp3) is 0.348. The van der Waals surface area contributed by atoms with Gasteiger partial charge in [-0.1, -0.05) is 17.7 Å². The van der Waals surface area contributed by atoms with Crippen LogP contribution in [0.1, 0.15) is 22.5 Å². The summed E-state index contributed by atoms with van der Waals surface area (Å²) in [5.41, 5.74) is 4.80. The number of rotatable bonds is 4. The number of thioether (sulfide) groups is 1. The first-order valence-corrected chi connectivity index (χ1v) is 11.5. The highest BCUT2D eigenvalue weighted by Crippen LogP contribution is 2.34. The number of carbonyl (C=O) groups excluding carboxylic acids is 3. The Morgan fingerprint density at radius 2 is 1.88 bits per heavy atom. The summed E-state index contributed by atoms with van der Waals surface area (Å²) < 4.78 is 7.33. The van der Waals surface area contributed by atoms with Gasteiger partial charge in [-0.3, -0.25) is 19.3 Å². The van der Waals surface area contributed by atoms with E-state index in [0.717, 1.165) is 44.9 Å². The Morgan fingerprint density at radius 1 is 1.16 bits per heavy atom. The van der Waals surface area contributed by atoms with Gasteiger partial charge in [-0.15, -0.1) is 0 Å². The number of halogens is 1. The average molecular weight is 474 g/mol. The van der Waals surface area contributed by atoms with Crippen LogP contribution in [0.2, 0.25) is 5.02 Å². The molecule has 2 fully saturated rings. The van der Waals surface area contributed by atoms with E-state index in [1.807, 2.05) is 45.0 Å². The van der Waals surface area contributed by atoms with Gasteiger partial charge < -0.3 is 14.2 Å². The molecule has 168 valence electrons. The third kappa shape index (κ3) is 4.35. The quantitative estimate of drug-likeness (QED) is 0.629. The Labute approximate surface area is 195 Å². The molecule has 2 aliphatic heterocycles. The van der Waals surface area contributed by atoms with Crippen LogP contribution in [0.25, 0.3) is 11.8 Å². The molecular weight excluding hydrogens is 450 g/mol. The van der Waals surface area contributed by atoms with Crippen LogP contribution in [-0.4, -0.2) is 64.3 Å². The predicted molar refractivity (Wildman–Crippen MR) is 125 cm³/mol. The molecule has 0 radical (unpaired) electrons. The number of nitrogens with zero attached hydrogens (tertiary/aromatic N) is 3. The first-order chi connectivity index (χ1) is 15.3. The van der Waals surface area contributed by atoms with E-state index in [-0.39, 0.29) is 12.5 Å². The summed E-state index contributed by atoms with van der Waals surface area (Å²) in [7, 11) is 0. The number of imide groups is 1. The fourth-order valence-corrected chi connectivity index (χ4v) is 4.95. The fourth-order valence-electron chi connectivity index (χ4n) is 3.95. The zero-order valence-corrected chi connectivity index (χ0v) is 19.8. The Bertz CT molecular complexity index is 1130. The molecule has 0 atom stereocenters. The monoisotopic (exact) mass is 473 g/mol. The van der Waals surface area contributed by atoms with Crippen LogP contribution in [0, 0.1) is 20.8 Å². The van der Waals surface area contributed by atoms with Crippen molar-refractivity contribution in [2.24, 2.45) is 0 Å². The maximum atomic E-state index is 12.9. The summed E-state index contributed by atoms with van der Waals surface area (Å²) in [5, 5.41) is 0.216. The van der Waals surface area contributed by atoms with Gasteiger partial charge in [0.05, 0.1) is 18.1 Å². The third-order valence-electron chi connectivity index (χ3n) is 5.70. The average Bonchev–Trinajstić information content (AvgIpc) is 3.19. The van der Waals surface area contributed by atoms with Crippen molar-refractivity contribution in [1.29, 1.82) is 0 Å². The zero-order valence-electron chi connectivity index (χ0n) is 18.2. The molecule has 4 rings (SSSR count). The molecule has 2 aromatic rings. The van der Waals surface area contributed by atoms with E-state index < -0.39 is 11.1 Å². The molecule has 0 spiro atoms. The Kier molecular flexibility index (Phi) is 6.46. The Hall–Kier alpha value is -2.55. The molecule has 3 heterocycles. The van der Waals surface area contributed by atoms with Crippen molar-refractivity contribution in [3.05, 3.63) is 56.7 Å². The van der Waals surface area contributed by atoms with E-state index in [1.165, 1.54) is 0 Å². The van der Waals surface area contributed by atoms with Gasteiger partial charge in [-0.2, -0.15) is 0 Å². The number of aryl methyl sites for hydroxylation is 2. The topological polar surface area (TPSA) is 71.8 Å². The number of amides is 3. The molecule has 7 nitrogen and oxygen atoms in total. The molecule has 32 heavy (non-hydrogen) atoms. The molecule has 3 amide bonds. The van der Waals surface area contributed by atoms with Gasteiger partial charge in [0.1, 0.15) is 6.54 Å². The van der Waals surface area contributed by atoms with Crippen LogP contribution in [-0.2, 0) is 14.3 Å². The predicted octanol–water partition coefficient (Wildman–Crippen LogP) is 3.95. The first-order valence-electron chi connectivity index (χ1n) is 10.3. The highest BCUT2D eigenvalue weighted by atomic mass is 35.5. The first kappa shape index (κ1) is 22.6. The van der Waals surface area contributed by atoms with Crippen molar-refractivity contribution < 1.29 is 19.1 Å². The van der Waals surface area contributed by atoms with E-state index in [2.05, 4.69) is 4.57 Å². The van der Waals surface area contributed by atoms with Crippen molar-refractivity contribution in [2.45, 2.75) is 20.8 Å². The Morgan fingerprint density at radius 3 is 2.59 bits per heavy atom. The summed E-state index contributed by atoms with van der Waals surface area (Å²) in [5.74, 6) is -0.684. The van der Waals surface area contributed by atoms with Gasteiger partial charge in [-0.25, -0.2) is 0 Å². The van der Waals surface area contributed by atoms with Crippen LogP contribution in [0.15, 0.2) is 29.2 Å². The molecule has 9 heteroatoms. The molecule has 2 saturated heterocycles. The standard InChI is InChI=1S/C23H24ClN3O4S/c1-14-4-5-18(24)12-19(14)27-15(2)10-17(16(27)3)11-20-22(29)26(23(30)32-20)13-21(28)25-6-8-31-9-7-25/h4-5,10-12H,6-9,13H2,1-3H3/b20-11+. The van der Waals surface area contributed by atoms with Gasteiger partial charge in [0.2, 0.25) is 5.91 Å². The molecule has 2 aliphatic rings. The second-order valence-electron chi connectivity index (χ2n) is 7.85. The number of aromatic nitrogens is 1. The zero-order chi connectivity index (χ0) is 23.0. The van der Waals surface area contributed by atoms with Crippen LogP contribution in [0.3, 0.4) is 0 Å². The van der Waals surface area contributed by atoms with Crippen LogP contribution < -0.4 is 0 Å². The molecule has 0 saturated carbocycles. The lowest BCUT2D eigenvalue weighted by molar-refractivity contribution is -0.139. The molecule has 1 aromatic heterocycles. The number of hydrogen-bond donors (Lipinski definition) is 0. The lowest BCUT2D eigenvalue weighted by Gasteiger charge is -2.28. The van der Waals surface area contributed by atoms with E-state index in [9.17, 15) is 14.4 Å². The normalized spacial score (nSPS) is 18.2. The Balaban J connectivity index is 1.58. The van der Waals surface area contributed by atoms with Crippen LogP contribution in [0.5, 0.6) is 0 Å². The minimum Gasteiger partial charge on any atom is -0.378 e. The summed E-state index contributed by atoms with van der Waals surface area (Å²) in [4.78, 5) is 40.9. The van der Waals surface area contributed by atoms with E-state index in [4.69, 9.17) is 16.3 Å². The number of carbonyl (C=O) groups is 3. The molecule has 0 unspecified atom stereocenters. The van der Waals surface area contributed by atoms with Crippen molar-refractivity contribution in [3.8, 4) is 5.69 Å². The van der Waals surface area contributed by atoms with Crippen molar-refractivity contribution in [2.75, 3.05) is 32.8 Å². The van der Waals surface area contributed by atoms with Crippen LogP contribution >= 0.6 is 23.4 Å². The minimum atomic E-state index is -0.439. The van der Waals surface area contributed by atoms with Gasteiger partial charge >= 0.3 is 0 Å². The molecule has 0 bridgehead atoms. The summed E-state index contributed by atoms with van der Waals surface area (Å²) in [6, 6.07) is 7.70. The van der Waals surface area contributed by atoms with E-state index in [0.29, 0.717) is 36.2 Å². The minimum absolute atomic E-state index is 0.244. The SMILES string of the molecule is Cc1ccc(Cl)cc1-n1c(C)cc(/C=C2/SC(=O)N(CC(=O)N3CCOCC3)C2=O)c1C. The lowest BCUT2D eigenvalue weighted by atomic mass is 10.2. The van der Waals surface area contributed by atoms with Crippen molar-refractivity contribution >= 4 is 46.5 Å². The highest BCUT2D eigenvalue weighted by Gasteiger charge is 2.37. The van der Waals surface area contributed by atoms with Crippen molar-refractivity contribution in [3.63, 3.8) is 0 Å². The van der Waals surface area contributed by atoms with Gasteiger partial charge in [0.25, 0.3) is 11.1 Å². The number of hydrogen-bond acceptors (Lipinski definition) is 5. The summed E-state index contributed by atoms with van der Waals surface area (Å²) >= 11 is 7.07. The number of benzene rings is 1. The summed E-state index contributed by atoms with van der Waals surface area (Å²) in [6.07, 6.45) is 1.73. The highest BCUT2D eigenvalue weighted by molar-refractivity contribution is 8.18. The van der Waals surface area contributed by atoms with E-state index >= 15 is 0 Å². The number of morpholine rings is 1. The number of ether oxygens (including phenoxy) is 1. The summed E-state index contributed by atoms with van der Waals surface area (Å²) in [6.45, 7) is 7.59. The molecule has 0 N–H and O–H groups in total. The second kappa shape index (κ2) is 9.13. The maximum absolute atomic E-state index is 12.9. The smallest absolute Gasteiger partial charge is 0.294 e. The molecule has 0 aliphatic carbocycles. The van der Waals surface area contributed by atoms with Crippen molar-refractivity contribution in [1.82, 2.24) is 14.4 Å². The molecular formula is C23H24ClN3O4S. The molecule has 1 aromatic carbocycles. The van der Waals surface area contributed by atoms with Crippen LogP contribution in [0.4, 0.5) is 4.79 Å². The van der Waals surface area contributed by atoms with Gasteiger partial charge in [0.15, 0.2) is 0 Å².